The Labute approximate surface area is 374 Å². The van der Waals surface area contributed by atoms with Crippen molar-refractivity contribution in [2.24, 2.45) is 0 Å². The summed E-state index contributed by atoms with van der Waals surface area (Å²) in [5.74, 6) is 0. The second-order valence-corrected chi connectivity index (χ2v) is 0. The Balaban J connectivity index is -0.0000000000216. The van der Waals surface area contributed by atoms with Gasteiger partial charge in [-0.1, -0.05) is 0 Å². The Morgan fingerprint density at radius 2 is 0.152 bits per heavy atom. The van der Waals surface area contributed by atoms with Gasteiger partial charge in [0.15, 0.2) is 0 Å². The van der Waals surface area contributed by atoms with E-state index in [9.17, 15) is 0 Å². The fourth-order valence-corrected chi connectivity index (χ4v) is 0. The second-order valence-electron chi connectivity index (χ2n) is 0. The first kappa shape index (κ1) is 3350. The predicted octanol–water partition coefficient (Wildman–Crippen LogP) is -11.3. The molecule has 0 aliphatic carbocycles. The van der Waals surface area contributed by atoms with Crippen LogP contribution in [0.25, 0.3) is 0 Å². The zero-order valence-corrected chi connectivity index (χ0v) is 37.9. The number of hydrogen-bond acceptors (Lipinski definition) is 4. The van der Waals surface area contributed by atoms with Crippen LogP contribution in [0.4, 0.5) is 0 Å². The van der Waals surface area contributed by atoms with Gasteiger partial charge in [-0.15, -0.1) is 0 Å². The first-order valence-electron chi connectivity index (χ1n) is 0.333. The predicted molar refractivity (Wildman–Crippen MR) is 64.6 cm³/mol. The van der Waals surface area contributed by atoms with E-state index in [1.807, 2.05) is 0 Å². The number of hydrogen-bond donors (Lipinski definition) is 4. The van der Waals surface area contributed by atoms with Gasteiger partial charge < -0.3 is 210 Å². The minimum absolute atomic E-state index is 0. The molecule has 0 atom stereocenters. The zero-order valence-electron chi connectivity index (χ0n) is 21.9. The zero-order chi connectivity index (χ0) is 4.00. The molecule has 46 heteroatoms. The Morgan fingerprint density at radius 3 is 0.152 bits per heavy atom. The quantitative estimate of drug-likeness (QED) is 0.0795. The van der Waals surface area contributed by atoms with Gasteiger partial charge >= 0.3 is 0 Å². The van der Waals surface area contributed by atoms with Crippen LogP contribution in [0.2, 0.25) is 0 Å². The Hall–Kier alpha value is 3.99. The van der Waals surface area contributed by atoms with Crippen LogP contribution in [0, 0.1) is 0 Å². The largest absolute Gasteiger partial charge is 2.00 e. The summed E-state index contributed by atoms with van der Waals surface area (Å²) in [7, 11) is 0. The van der Waals surface area contributed by atoms with Crippen molar-refractivity contribution in [3.8, 4) is 0 Å². The van der Waals surface area contributed by atoms with Crippen LogP contribution in [0.5, 0.6) is 0 Å². The minimum atomic E-state index is 0. The molecule has 0 aromatic carbocycles. The van der Waals surface area contributed by atoms with Gasteiger partial charge in [-0.05, 0) is 0 Å². The van der Waals surface area contributed by atoms with E-state index in [0.717, 1.165) is 0 Å². The fourth-order valence-electron chi connectivity index (χ4n) is 0. The summed E-state index contributed by atoms with van der Waals surface area (Å²) in [6.07, 6.45) is 0. The molecule has 0 saturated heterocycles. The normalized spacial score (nSPS) is 0.261. The Kier molecular flexibility index (Phi) is 516000. The van der Waals surface area contributed by atoms with Crippen molar-refractivity contribution >= 4 is 0 Å². The third-order valence-electron chi connectivity index (χ3n) is 0. The molecule has 0 heterocycles. The van der Waals surface area contributed by atoms with E-state index in [1.165, 1.54) is 0 Å². The molecule has 0 aromatic heterocycles. The van der Waals surface area contributed by atoms with E-state index in [-0.39, 0.29) is 357 Å². The summed E-state index contributed by atoms with van der Waals surface area (Å²) in [4.78, 5) is 0. The summed E-state index contributed by atoms with van der Waals surface area (Å²) < 4.78 is 0. The molecule has 0 rings (SSSR count). The molecule has 46 heavy (non-hydrogen) atoms. The van der Waals surface area contributed by atoms with Crippen molar-refractivity contribution in [1.29, 1.82) is 0 Å². The molecule has 38 nitrogen and oxygen atoms in total. The van der Waals surface area contributed by atoms with Gasteiger partial charge in [0.1, 0.15) is 0 Å². The van der Waals surface area contributed by atoms with E-state index < -0.39 is 0 Å². The van der Waals surface area contributed by atoms with Gasteiger partial charge in [-0.2, -0.15) is 0 Å². The standard InChI is InChI=1S/8Mo.4H3N.2O2.6H2O.24O/c;;;;;;;;;;;;2*1-2;;;;;;;;;;;;;;;;;;;;;;;;;;;;;;/h;;;;;;;;4*1H3;;;6*1H2;;;;;;;;;;;;;;;;;;;;;;;;/q;;;;;;;;;;;;2*-2;;;;;;;24*-2/p+6. The summed E-state index contributed by atoms with van der Waals surface area (Å²) in [6.45, 7) is 0. The van der Waals surface area contributed by atoms with Gasteiger partial charge in [0.05, 0.1) is 0 Å². The topological polar surface area (TPSA) is 1110 Å². The van der Waals surface area contributed by atoms with Crippen molar-refractivity contribution < 1.29 is 354 Å². The van der Waals surface area contributed by atoms with E-state index in [4.69, 9.17) is 21.0 Å². The molecule has 30 N–H and O–H groups in total. The van der Waals surface area contributed by atoms with Crippen LogP contribution >= 0.6 is 0 Å². The third-order valence-corrected chi connectivity index (χ3v) is 0. The van der Waals surface area contributed by atoms with E-state index in [1.54, 1.807) is 0 Å². The first-order valence-corrected chi connectivity index (χ1v) is 0.333. The second kappa shape index (κ2) is 7100. The first-order chi connectivity index (χ1) is 2.00. The van der Waals surface area contributed by atoms with Crippen LogP contribution < -0.4 is 45.6 Å². The smallest absolute Gasteiger partial charge is 0 e. The van der Waals surface area contributed by atoms with Crippen molar-refractivity contribution in [3.63, 3.8) is 0 Å². The average molecular weight is 1400 g/mol. The van der Waals surface area contributed by atoms with Gasteiger partial charge in [-0.25, -0.2) is 0 Å². The maximum Gasteiger partial charge on any atom is 0 e. The molecule has 0 spiro atoms. The molecule has 348 valence electrons. The van der Waals surface area contributed by atoms with Crippen molar-refractivity contribution in [3.05, 3.63) is 0 Å². The molecule has 0 radical (unpaired) electrons. The maximum atomic E-state index is 7.00. The molecular formula is H30Mo8N4O34-46. The van der Waals surface area contributed by atoms with Crippen LogP contribution in [-0.4, -0.2) is 21.9 Å². The van der Waals surface area contributed by atoms with Gasteiger partial charge in [-0.3, -0.25) is 0 Å². The molecule has 0 fully saturated rings. The molecule has 0 bridgehead atoms. The van der Waals surface area contributed by atoms with Gasteiger partial charge in [0.25, 0.3) is 0 Å². The molecule has 0 amide bonds. The minimum Gasteiger partial charge on any atom is -2.00 e. The summed E-state index contributed by atoms with van der Waals surface area (Å²) in [6, 6.07) is 0. The van der Waals surface area contributed by atoms with E-state index >= 15 is 0 Å². The molecule has 0 saturated carbocycles. The van der Waals surface area contributed by atoms with Crippen molar-refractivity contribution in [2.75, 3.05) is 0 Å². The summed E-state index contributed by atoms with van der Waals surface area (Å²) in [5, 5.41) is 28.0. The fraction of sp³-hybridized carbons (Fsp3) is 0. The average Bonchev–Trinajstić information content (AvgIpc) is 1.50. The third kappa shape index (κ3) is 6670. The van der Waals surface area contributed by atoms with Crippen molar-refractivity contribution in [2.45, 2.75) is 0 Å². The summed E-state index contributed by atoms with van der Waals surface area (Å²) >= 11 is 0. The molecular weight excluding hydrogens is 1370 g/mol. The van der Waals surface area contributed by atoms with Crippen molar-refractivity contribution in [1.82, 2.24) is 24.6 Å². The van der Waals surface area contributed by atoms with E-state index in [0.29, 0.717) is 0 Å². The number of rotatable bonds is 0. The van der Waals surface area contributed by atoms with Crippen LogP contribution in [0.3, 0.4) is 0 Å². The van der Waals surface area contributed by atoms with Crippen LogP contribution in [-0.2, 0) is 311 Å². The SMILES string of the molecule is O.O.O.O.[Mo].[Mo].[Mo].[Mo].[Mo].[Mo].[Mo].[Mo].[NH4+].[NH4+].[NH4+].[NH4+].[O-2].[O-2].[O-2].[O-2].[O-2].[O-2].[O-2].[O-2].[O-2].[O-2].[O-2].[O-2].[O-2].[O-2].[O-2].[O-2].[O-2].[O-2].[O-2].[O-2].[O-2].[O-2].[O-2].[O-2].[O-][O-].[O-][O-].[OH3+].[OH3+]. The maximum absolute atomic E-state index is 7.00. The Bertz CT molecular complexity index is 49.1. The van der Waals surface area contributed by atoms with Crippen LogP contribution in [0.15, 0.2) is 0 Å². The molecule has 0 unspecified atom stereocenters. The molecule has 0 aromatic rings. The molecule has 0 aliphatic heterocycles. The van der Waals surface area contributed by atoms with Crippen LogP contribution in [0.1, 0.15) is 0 Å². The monoisotopic (exact) mass is 1410 g/mol. The Morgan fingerprint density at radius 1 is 0.152 bits per heavy atom. The van der Waals surface area contributed by atoms with E-state index in [2.05, 4.69) is 0 Å². The number of quaternary nitrogens is 4. The van der Waals surface area contributed by atoms with Gasteiger partial charge in [0, 0.05) is 169 Å². The van der Waals surface area contributed by atoms with Gasteiger partial charge in [0.2, 0.25) is 0 Å². The summed E-state index contributed by atoms with van der Waals surface area (Å²) in [5.41, 5.74) is 0. The molecule has 0 aliphatic rings.